The van der Waals surface area contributed by atoms with Crippen LogP contribution in [0.1, 0.15) is 11.1 Å². The third kappa shape index (κ3) is 5.56. The van der Waals surface area contributed by atoms with E-state index < -0.39 is 18.9 Å². The highest BCUT2D eigenvalue weighted by Crippen LogP contribution is 2.40. The number of nitrogens with zero attached hydrogens (tertiary/aromatic N) is 2. The molecule has 0 atom stereocenters. The Hall–Kier alpha value is -2.02. The van der Waals surface area contributed by atoms with E-state index in [2.05, 4.69) is 15.3 Å². The predicted octanol–water partition coefficient (Wildman–Crippen LogP) is 6.60. The van der Waals surface area contributed by atoms with Crippen molar-refractivity contribution in [1.29, 1.82) is 0 Å². The Morgan fingerprint density at radius 1 is 1.10 bits per heavy atom. The molecule has 0 spiro atoms. The lowest BCUT2D eigenvalue weighted by Crippen LogP contribution is -2.11. The fraction of sp³-hybridized carbons (Fsp3) is 0.200. The SMILES string of the molecule is Cc1cc(Cl)ccc1Sc1nc(Nc2ccc(P(C)(C)=O)cc2)ncc1C(F)(F)F. The molecule has 0 unspecified atom stereocenters. The van der Waals surface area contributed by atoms with E-state index in [1.54, 1.807) is 62.7 Å². The highest BCUT2D eigenvalue weighted by molar-refractivity contribution is 7.99. The first-order chi connectivity index (χ1) is 13.9. The second-order valence-corrected chi connectivity index (χ2v) is 11.6. The molecule has 10 heteroatoms. The van der Waals surface area contributed by atoms with Gasteiger partial charge in [0.2, 0.25) is 5.95 Å². The summed E-state index contributed by atoms with van der Waals surface area (Å²) in [5.41, 5.74) is 0.402. The van der Waals surface area contributed by atoms with Gasteiger partial charge in [-0.15, -0.1) is 0 Å². The summed E-state index contributed by atoms with van der Waals surface area (Å²) in [6.07, 6.45) is -3.82. The third-order valence-corrected chi connectivity index (χ3v) is 7.11. The minimum Gasteiger partial charge on any atom is -0.324 e. The van der Waals surface area contributed by atoms with Gasteiger partial charge in [-0.1, -0.05) is 23.4 Å². The average molecular weight is 472 g/mol. The molecule has 0 aliphatic rings. The van der Waals surface area contributed by atoms with Gasteiger partial charge in [0, 0.05) is 27.1 Å². The molecule has 4 nitrogen and oxygen atoms in total. The Labute approximate surface area is 181 Å². The van der Waals surface area contributed by atoms with Crippen LogP contribution in [0.25, 0.3) is 0 Å². The lowest BCUT2D eigenvalue weighted by molar-refractivity contribution is -0.140. The van der Waals surface area contributed by atoms with E-state index in [9.17, 15) is 17.7 Å². The second kappa shape index (κ2) is 8.61. The number of hydrogen-bond acceptors (Lipinski definition) is 5. The molecule has 2 aromatic carbocycles. The Morgan fingerprint density at radius 2 is 1.77 bits per heavy atom. The summed E-state index contributed by atoms with van der Waals surface area (Å²) >= 11 is 6.84. The van der Waals surface area contributed by atoms with E-state index in [1.807, 2.05) is 0 Å². The maximum absolute atomic E-state index is 13.5. The molecule has 3 rings (SSSR count). The molecule has 0 amide bonds. The summed E-state index contributed by atoms with van der Waals surface area (Å²) in [6.45, 7) is 5.09. The van der Waals surface area contributed by atoms with Crippen LogP contribution in [-0.4, -0.2) is 23.3 Å². The first-order valence-electron chi connectivity index (χ1n) is 8.74. The van der Waals surface area contributed by atoms with Crippen molar-refractivity contribution >= 4 is 47.4 Å². The molecular weight excluding hydrogens is 454 g/mol. The number of aromatic nitrogens is 2. The number of aryl methyl sites for hydroxylation is 1. The van der Waals surface area contributed by atoms with Crippen molar-refractivity contribution in [2.75, 3.05) is 18.6 Å². The average Bonchev–Trinajstić information content (AvgIpc) is 2.63. The molecular formula is C20H18ClF3N3OPS. The lowest BCUT2D eigenvalue weighted by Gasteiger charge is -2.14. The van der Waals surface area contributed by atoms with Gasteiger partial charge in [0.15, 0.2) is 0 Å². The zero-order valence-electron chi connectivity index (χ0n) is 16.3. The highest BCUT2D eigenvalue weighted by atomic mass is 35.5. The minimum atomic E-state index is -4.59. The molecule has 0 saturated carbocycles. The van der Waals surface area contributed by atoms with Gasteiger partial charge in [-0.3, -0.25) is 0 Å². The maximum Gasteiger partial charge on any atom is 0.420 e. The van der Waals surface area contributed by atoms with E-state index in [0.29, 0.717) is 20.9 Å². The van der Waals surface area contributed by atoms with Crippen LogP contribution < -0.4 is 10.6 Å². The normalized spacial score (nSPS) is 12.1. The number of halogens is 4. The number of hydrogen-bond donors (Lipinski definition) is 1. The molecule has 3 aromatic rings. The fourth-order valence-electron chi connectivity index (χ4n) is 2.56. The van der Waals surface area contributed by atoms with Crippen molar-refractivity contribution in [3.8, 4) is 0 Å². The zero-order chi connectivity index (χ0) is 22.1. The summed E-state index contributed by atoms with van der Waals surface area (Å²) in [4.78, 5) is 8.53. The summed E-state index contributed by atoms with van der Waals surface area (Å²) in [6, 6.07) is 11.7. The maximum atomic E-state index is 13.5. The summed E-state index contributed by atoms with van der Waals surface area (Å²) in [7, 11) is -2.40. The van der Waals surface area contributed by atoms with Gasteiger partial charge < -0.3 is 9.88 Å². The van der Waals surface area contributed by atoms with Crippen LogP contribution in [0.3, 0.4) is 0 Å². The number of rotatable bonds is 5. The predicted molar refractivity (Wildman–Crippen MR) is 116 cm³/mol. The molecule has 1 N–H and O–H groups in total. The van der Waals surface area contributed by atoms with E-state index in [4.69, 9.17) is 11.6 Å². The van der Waals surface area contributed by atoms with Gasteiger partial charge in [-0.25, -0.2) is 9.97 Å². The molecule has 0 aliphatic heterocycles. The topological polar surface area (TPSA) is 54.9 Å². The number of nitrogens with one attached hydrogen (secondary N) is 1. The molecule has 0 radical (unpaired) electrons. The Morgan fingerprint density at radius 3 is 2.33 bits per heavy atom. The van der Waals surface area contributed by atoms with Crippen molar-refractivity contribution < 1.29 is 17.7 Å². The summed E-state index contributed by atoms with van der Waals surface area (Å²) < 4.78 is 52.5. The van der Waals surface area contributed by atoms with Gasteiger partial charge in [-0.05, 0) is 68.3 Å². The van der Waals surface area contributed by atoms with Crippen LogP contribution in [0.4, 0.5) is 24.8 Å². The van der Waals surface area contributed by atoms with Crippen molar-refractivity contribution in [3.63, 3.8) is 0 Å². The van der Waals surface area contributed by atoms with E-state index >= 15 is 0 Å². The van der Waals surface area contributed by atoms with E-state index in [-0.39, 0.29) is 11.0 Å². The number of alkyl halides is 3. The molecule has 1 heterocycles. The van der Waals surface area contributed by atoms with Crippen LogP contribution >= 0.6 is 30.5 Å². The van der Waals surface area contributed by atoms with Crippen LogP contribution in [0, 0.1) is 6.92 Å². The van der Waals surface area contributed by atoms with Crippen LogP contribution in [0.5, 0.6) is 0 Å². The monoisotopic (exact) mass is 471 g/mol. The molecule has 0 aliphatic carbocycles. The molecule has 0 saturated heterocycles. The van der Waals surface area contributed by atoms with Gasteiger partial charge in [0.25, 0.3) is 0 Å². The van der Waals surface area contributed by atoms with Crippen molar-refractivity contribution in [3.05, 3.63) is 64.8 Å². The van der Waals surface area contributed by atoms with Gasteiger partial charge >= 0.3 is 6.18 Å². The number of benzene rings is 2. The second-order valence-electron chi connectivity index (χ2n) is 6.94. The highest BCUT2D eigenvalue weighted by Gasteiger charge is 2.35. The quantitative estimate of drug-likeness (QED) is 0.335. The van der Waals surface area contributed by atoms with E-state index in [0.717, 1.165) is 23.5 Å². The number of anilines is 2. The van der Waals surface area contributed by atoms with Gasteiger partial charge in [0.05, 0.1) is 0 Å². The Kier molecular flexibility index (Phi) is 6.51. The van der Waals surface area contributed by atoms with Crippen molar-refractivity contribution in [2.45, 2.75) is 23.0 Å². The first kappa shape index (κ1) is 22.7. The summed E-state index contributed by atoms with van der Waals surface area (Å²) in [5, 5.41) is 3.89. The van der Waals surface area contributed by atoms with Gasteiger partial charge in [-0.2, -0.15) is 13.2 Å². The largest absolute Gasteiger partial charge is 0.420 e. The van der Waals surface area contributed by atoms with Crippen LogP contribution in [0.15, 0.2) is 58.6 Å². The third-order valence-electron chi connectivity index (χ3n) is 4.15. The standard InChI is InChI=1S/C20H18ClF3N3OPS/c1-12-10-13(21)4-9-17(12)30-18-16(20(22,23)24)11-25-19(27-18)26-14-5-7-15(8-6-14)29(2,3)28/h4-11H,1-3H3,(H,25,26,27). The lowest BCUT2D eigenvalue weighted by atomic mass is 10.2. The smallest absolute Gasteiger partial charge is 0.324 e. The van der Waals surface area contributed by atoms with Crippen LogP contribution in [0.2, 0.25) is 5.02 Å². The molecule has 158 valence electrons. The molecule has 0 bridgehead atoms. The fourth-order valence-corrected chi connectivity index (χ4v) is 4.63. The molecule has 0 fully saturated rings. The van der Waals surface area contributed by atoms with Gasteiger partial charge in [0.1, 0.15) is 17.7 Å². The zero-order valence-corrected chi connectivity index (χ0v) is 18.8. The van der Waals surface area contributed by atoms with Crippen molar-refractivity contribution in [1.82, 2.24) is 9.97 Å². The van der Waals surface area contributed by atoms with Crippen LogP contribution in [-0.2, 0) is 10.7 Å². The van der Waals surface area contributed by atoms with Crippen molar-refractivity contribution in [2.24, 2.45) is 0 Å². The van der Waals surface area contributed by atoms with E-state index in [1.165, 1.54) is 0 Å². The Balaban J connectivity index is 1.93. The summed E-state index contributed by atoms with van der Waals surface area (Å²) in [5.74, 6) is 0.0287. The first-order valence-corrected chi connectivity index (χ1v) is 12.5. The molecule has 30 heavy (non-hydrogen) atoms. The Bertz CT molecular complexity index is 1120. The minimum absolute atomic E-state index is 0.0287. The molecule has 1 aromatic heterocycles.